The molecule has 14 heavy (non-hydrogen) atoms. The highest BCUT2D eigenvalue weighted by atomic mass is 14.7. The molecule has 0 heterocycles. The molecule has 0 aromatic heterocycles. The number of aryl methyl sites for hydroxylation is 2. The van der Waals surface area contributed by atoms with Crippen molar-refractivity contribution in [2.45, 2.75) is 31.7 Å². The topological polar surface area (TPSA) is 52.0 Å². The molecular weight excluding hydrogens is 172 g/mol. The van der Waals surface area contributed by atoms with Gasteiger partial charge in [0.05, 0.1) is 0 Å². The molecule has 1 aromatic rings. The van der Waals surface area contributed by atoms with Crippen LogP contribution in [0.4, 0.5) is 0 Å². The van der Waals surface area contributed by atoms with Crippen LogP contribution in [0.15, 0.2) is 18.2 Å². The van der Waals surface area contributed by atoms with E-state index in [4.69, 9.17) is 11.5 Å². The Labute approximate surface area is 85.3 Å². The van der Waals surface area contributed by atoms with E-state index in [9.17, 15) is 0 Å². The standard InChI is InChI=1S/C12H18N2/c13-8-12(14)11-6-5-9-3-1-2-4-10(9)7-11/h5-7,12H,1-4,8,13-14H2/t12-/m1/s1. The maximum atomic E-state index is 5.90. The minimum atomic E-state index is 0.00206. The zero-order chi connectivity index (χ0) is 9.97. The minimum absolute atomic E-state index is 0.00206. The second-order valence-corrected chi connectivity index (χ2v) is 4.08. The molecule has 0 radical (unpaired) electrons. The van der Waals surface area contributed by atoms with Gasteiger partial charge in [-0.2, -0.15) is 0 Å². The SMILES string of the molecule is NC[C@@H](N)c1ccc2c(c1)CCCC2. The smallest absolute Gasteiger partial charge is 0.0419 e. The third kappa shape index (κ3) is 1.81. The second kappa shape index (κ2) is 4.11. The van der Waals surface area contributed by atoms with Crippen molar-refractivity contribution >= 4 is 0 Å². The molecule has 1 aliphatic carbocycles. The molecule has 0 unspecified atom stereocenters. The van der Waals surface area contributed by atoms with Gasteiger partial charge in [-0.25, -0.2) is 0 Å². The molecule has 2 rings (SSSR count). The average molecular weight is 190 g/mol. The van der Waals surface area contributed by atoms with Gasteiger partial charge in [0.15, 0.2) is 0 Å². The fourth-order valence-corrected chi connectivity index (χ4v) is 2.12. The van der Waals surface area contributed by atoms with E-state index in [-0.39, 0.29) is 6.04 Å². The van der Waals surface area contributed by atoms with Crippen molar-refractivity contribution in [1.82, 2.24) is 0 Å². The van der Waals surface area contributed by atoms with Crippen LogP contribution in [-0.2, 0) is 12.8 Å². The van der Waals surface area contributed by atoms with Crippen molar-refractivity contribution in [2.75, 3.05) is 6.54 Å². The van der Waals surface area contributed by atoms with Crippen LogP contribution in [0.3, 0.4) is 0 Å². The quantitative estimate of drug-likeness (QED) is 0.743. The van der Waals surface area contributed by atoms with Gasteiger partial charge in [-0.3, -0.25) is 0 Å². The summed E-state index contributed by atoms with van der Waals surface area (Å²) in [5, 5.41) is 0. The lowest BCUT2D eigenvalue weighted by atomic mass is 9.89. The monoisotopic (exact) mass is 190 g/mol. The first-order valence-electron chi connectivity index (χ1n) is 5.38. The van der Waals surface area contributed by atoms with Gasteiger partial charge in [0, 0.05) is 12.6 Å². The Hall–Kier alpha value is -0.860. The zero-order valence-corrected chi connectivity index (χ0v) is 8.50. The molecule has 2 heteroatoms. The lowest BCUT2D eigenvalue weighted by Gasteiger charge is -2.18. The van der Waals surface area contributed by atoms with E-state index in [1.54, 1.807) is 0 Å². The van der Waals surface area contributed by atoms with Gasteiger partial charge < -0.3 is 11.5 Å². The van der Waals surface area contributed by atoms with E-state index in [0.29, 0.717) is 6.54 Å². The molecule has 0 aliphatic heterocycles. The number of hydrogen-bond donors (Lipinski definition) is 2. The molecule has 0 saturated carbocycles. The van der Waals surface area contributed by atoms with E-state index in [1.165, 1.54) is 42.4 Å². The van der Waals surface area contributed by atoms with E-state index in [2.05, 4.69) is 18.2 Å². The van der Waals surface area contributed by atoms with Crippen molar-refractivity contribution < 1.29 is 0 Å². The molecule has 2 nitrogen and oxygen atoms in total. The highest BCUT2D eigenvalue weighted by molar-refractivity contribution is 5.35. The summed E-state index contributed by atoms with van der Waals surface area (Å²) in [4.78, 5) is 0. The van der Waals surface area contributed by atoms with Crippen molar-refractivity contribution in [2.24, 2.45) is 11.5 Å². The Morgan fingerprint density at radius 3 is 2.57 bits per heavy atom. The summed E-state index contributed by atoms with van der Waals surface area (Å²) in [6, 6.07) is 6.59. The van der Waals surface area contributed by atoms with Crippen LogP contribution in [0.25, 0.3) is 0 Å². The molecule has 0 saturated heterocycles. The summed E-state index contributed by atoms with van der Waals surface area (Å²) in [6.45, 7) is 0.527. The molecular formula is C12H18N2. The highest BCUT2D eigenvalue weighted by Crippen LogP contribution is 2.23. The number of fused-ring (bicyclic) bond motifs is 1. The van der Waals surface area contributed by atoms with Crippen LogP contribution < -0.4 is 11.5 Å². The van der Waals surface area contributed by atoms with E-state index < -0.39 is 0 Å². The normalized spacial score (nSPS) is 17.6. The van der Waals surface area contributed by atoms with Crippen LogP contribution in [-0.4, -0.2) is 6.54 Å². The number of rotatable bonds is 2. The Morgan fingerprint density at radius 1 is 1.14 bits per heavy atom. The second-order valence-electron chi connectivity index (χ2n) is 4.08. The van der Waals surface area contributed by atoms with Crippen LogP contribution in [0.2, 0.25) is 0 Å². The Morgan fingerprint density at radius 2 is 1.86 bits per heavy atom. The first kappa shape index (κ1) is 9.69. The Balaban J connectivity index is 2.29. The molecule has 0 spiro atoms. The molecule has 0 bridgehead atoms. The molecule has 1 aromatic carbocycles. The summed E-state index contributed by atoms with van der Waals surface area (Å²) in [7, 11) is 0. The maximum Gasteiger partial charge on any atom is 0.0419 e. The maximum absolute atomic E-state index is 5.90. The van der Waals surface area contributed by atoms with Crippen LogP contribution >= 0.6 is 0 Å². The predicted octanol–water partition coefficient (Wildman–Crippen LogP) is 1.52. The van der Waals surface area contributed by atoms with Gasteiger partial charge in [0.25, 0.3) is 0 Å². The van der Waals surface area contributed by atoms with Crippen LogP contribution in [0.1, 0.15) is 35.6 Å². The van der Waals surface area contributed by atoms with E-state index in [1.807, 2.05) is 0 Å². The molecule has 0 amide bonds. The lowest BCUT2D eigenvalue weighted by Crippen LogP contribution is -2.21. The van der Waals surface area contributed by atoms with Crippen LogP contribution in [0, 0.1) is 0 Å². The van der Waals surface area contributed by atoms with Gasteiger partial charge in [-0.15, -0.1) is 0 Å². The highest BCUT2D eigenvalue weighted by Gasteiger charge is 2.11. The summed E-state index contributed by atoms with van der Waals surface area (Å²) in [5.74, 6) is 0. The molecule has 1 aliphatic rings. The third-order valence-electron chi connectivity index (χ3n) is 3.05. The zero-order valence-electron chi connectivity index (χ0n) is 8.50. The van der Waals surface area contributed by atoms with Gasteiger partial charge in [0.2, 0.25) is 0 Å². The third-order valence-corrected chi connectivity index (χ3v) is 3.05. The molecule has 1 atom stereocenters. The first-order chi connectivity index (χ1) is 6.81. The Bertz CT molecular complexity index is 320. The van der Waals surface area contributed by atoms with Gasteiger partial charge >= 0.3 is 0 Å². The molecule has 4 N–H and O–H groups in total. The average Bonchev–Trinajstić information content (AvgIpc) is 2.27. The largest absolute Gasteiger partial charge is 0.329 e. The summed E-state index contributed by atoms with van der Waals surface area (Å²) in [5.41, 5.74) is 15.6. The summed E-state index contributed by atoms with van der Waals surface area (Å²) < 4.78 is 0. The minimum Gasteiger partial charge on any atom is -0.329 e. The van der Waals surface area contributed by atoms with Gasteiger partial charge in [-0.1, -0.05) is 18.2 Å². The van der Waals surface area contributed by atoms with Crippen molar-refractivity contribution in [1.29, 1.82) is 0 Å². The first-order valence-corrected chi connectivity index (χ1v) is 5.38. The van der Waals surface area contributed by atoms with Crippen molar-refractivity contribution in [3.63, 3.8) is 0 Å². The molecule has 0 fully saturated rings. The number of hydrogen-bond acceptors (Lipinski definition) is 2. The van der Waals surface area contributed by atoms with Gasteiger partial charge in [0.1, 0.15) is 0 Å². The Kier molecular flexibility index (Phi) is 2.85. The fraction of sp³-hybridized carbons (Fsp3) is 0.500. The van der Waals surface area contributed by atoms with Crippen molar-refractivity contribution in [3.8, 4) is 0 Å². The summed E-state index contributed by atoms with van der Waals surface area (Å²) >= 11 is 0. The predicted molar refractivity (Wildman–Crippen MR) is 59.1 cm³/mol. The number of benzene rings is 1. The molecule has 76 valence electrons. The summed E-state index contributed by atoms with van der Waals surface area (Å²) in [6.07, 6.45) is 5.08. The van der Waals surface area contributed by atoms with E-state index in [0.717, 1.165) is 0 Å². The van der Waals surface area contributed by atoms with Gasteiger partial charge in [-0.05, 0) is 42.4 Å². The van der Waals surface area contributed by atoms with Crippen molar-refractivity contribution in [3.05, 3.63) is 34.9 Å². The van der Waals surface area contributed by atoms with Crippen LogP contribution in [0.5, 0.6) is 0 Å². The lowest BCUT2D eigenvalue weighted by molar-refractivity contribution is 0.677. The van der Waals surface area contributed by atoms with E-state index >= 15 is 0 Å². The fourth-order valence-electron chi connectivity index (χ4n) is 2.12. The number of nitrogens with two attached hydrogens (primary N) is 2.